The third-order valence-corrected chi connectivity index (χ3v) is 9.51. The van der Waals surface area contributed by atoms with Crippen molar-refractivity contribution in [3.8, 4) is 5.75 Å². The number of aromatic hydroxyl groups is 1. The van der Waals surface area contributed by atoms with Crippen molar-refractivity contribution in [1.29, 1.82) is 0 Å². The summed E-state index contributed by atoms with van der Waals surface area (Å²) in [5.74, 6) is -7.91. The van der Waals surface area contributed by atoms with Gasteiger partial charge in [0.25, 0.3) is 0 Å². The zero-order valence-electron chi connectivity index (χ0n) is 19.5. The van der Waals surface area contributed by atoms with Crippen LogP contribution in [0.2, 0.25) is 0 Å². The van der Waals surface area contributed by atoms with Crippen LogP contribution in [0, 0.1) is 23.7 Å². The summed E-state index contributed by atoms with van der Waals surface area (Å²) in [6.07, 6.45) is 1.33. The molecule has 0 spiro atoms. The van der Waals surface area contributed by atoms with Gasteiger partial charge in [0, 0.05) is 11.7 Å². The van der Waals surface area contributed by atoms with E-state index in [1.807, 2.05) is 17.8 Å². The number of carbonyl (C=O) groups is 5. The molecule has 3 aliphatic carbocycles. The van der Waals surface area contributed by atoms with Gasteiger partial charge in [-0.25, -0.2) is 0 Å². The largest absolute Gasteiger partial charge is 0.507 e. The quantitative estimate of drug-likeness (QED) is 0.490. The minimum atomic E-state index is -2.69. The van der Waals surface area contributed by atoms with E-state index in [4.69, 9.17) is 5.73 Å². The number of phenols is 1. The molecule has 4 N–H and O–H groups in total. The van der Waals surface area contributed by atoms with Crippen LogP contribution in [0.4, 0.5) is 0 Å². The van der Waals surface area contributed by atoms with Crippen LogP contribution in [0.25, 0.3) is 0 Å². The summed E-state index contributed by atoms with van der Waals surface area (Å²) in [4.78, 5) is 67.4. The van der Waals surface area contributed by atoms with Gasteiger partial charge in [0.1, 0.15) is 5.75 Å². The van der Waals surface area contributed by atoms with Gasteiger partial charge in [-0.1, -0.05) is 6.07 Å². The minimum absolute atomic E-state index is 0.0679. The Morgan fingerprint density at radius 3 is 2.49 bits per heavy atom. The molecule has 9 nitrogen and oxygen atoms in total. The minimum Gasteiger partial charge on any atom is -0.507 e. The Hall–Kier alpha value is -2.56. The molecule has 0 aromatic heterocycles. The van der Waals surface area contributed by atoms with Gasteiger partial charge < -0.3 is 15.9 Å². The summed E-state index contributed by atoms with van der Waals surface area (Å²) in [5, 5.41) is 22.2. The number of hydrogen-bond acceptors (Lipinski definition) is 9. The molecule has 0 radical (unpaired) electrons. The lowest BCUT2D eigenvalue weighted by Crippen LogP contribution is -2.74. The molecule has 7 unspecified atom stereocenters. The van der Waals surface area contributed by atoms with E-state index in [1.165, 1.54) is 11.0 Å². The van der Waals surface area contributed by atoms with Crippen molar-refractivity contribution < 1.29 is 34.2 Å². The van der Waals surface area contributed by atoms with E-state index in [1.54, 1.807) is 14.1 Å². The normalized spacial score (nSPS) is 36.7. The summed E-state index contributed by atoms with van der Waals surface area (Å²) >= 11 is 1.82. The zero-order valence-corrected chi connectivity index (χ0v) is 20.3. The number of carbonyl (C=O) groups excluding carboxylic acids is 5. The summed E-state index contributed by atoms with van der Waals surface area (Å²) in [5.41, 5.74) is 4.42. The molecule has 5 rings (SSSR count). The number of phenolic OH excluding ortho intramolecular Hbond substituents is 1. The number of likely N-dealkylation sites (N-methyl/N-ethyl adjacent to an activating group) is 1. The first-order valence-corrected chi connectivity index (χ1v) is 12.9. The van der Waals surface area contributed by atoms with Crippen LogP contribution >= 0.6 is 11.8 Å². The van der Waals surface area contributed by atoms with Crippen LogP contribution < -0.4 is 5.73 Å². The Balaban J connectivity index is 1.63. The number of amides is 1. The highest BCUT2D eigenvalue weighted by Gasteiger charge is 2.69. The summed E-state index contributed by atoms with van der Waals surface area (Å²) in [6.45, 7) is 0. The van der Waals surface area contributed by atoms with Crippen LogP contribution in [-0.2, 0) is 25.6 Å². The number of ketones is 4. The average molecular weight is 501 g/mol. The maximum Gasteiger partial charge on any atom is 0.235 e. The number of nitrogens with zero attached hydrogens (tertiary/aromatic N) is 1. The first-order valence-electron chi connectivity index (χ1n) is 11.8. The van der Waals surface area contributed by atoms with Crippen molar-refractivity contribution in [1.82, 2.24) is 4.90 Å². The standard InChI is InChI=1S/C25H28N2O7S/c1-27(2)19-14-8-11-7-13-12(10-5-6-35-9-10)3-4-15(28)17(13)20(29)16(11)22(31)25(14,34)23(32)18(21(19)30)24(26)33/h3-4,10-11,14,16,18-19,28,34H,5-9H2,1-2H3,(H2,26,33). The SMILES string of the molecule is CN(C)C1C(=O)C(C(N)=O)C(=O)C2(O)C(=O)C3C(=O)c4c(O)ccc(C5CCSC5)c4CC3CC12. The molecule has 1 saturated heterocycles. The van der Waals surface area contributed by atoms with Crippen molar-refractivity contribution in [3.05, 3.63) is 28.8 Å². The van der Waals surface area contributed by atoms with E-state index in [2.05, 4.69) is 0 Å². The highest BCUT2D eigenvalue weighted by molar-refractivity contribution is 7.99. The lowest BCUT2D eigenvalue weighted by Gasteiger charge is -2.52. The molecular weight excluding hydrogens is 472 g/mol. The summed E-state index contributed by atoms with van der Waals surface area (Å²) < 4.78 is 0. The number of nitrogens with two attached hydrogens (primary N) is 1. The van der Waals surface area contributed by atoms with E-state index in [0.717, 1.165) is 23.5 Å². The zero-order chi connectivity index (χ0) is 25.4. The molecule has 186 valence electrons. The molecule has 7 atom stereocenters. The molecule has 1 aliphatic heterocycles. The molecule has 0 bridgehead atoms. The first kappa shape index (κ1) is 24.1. The summed E-state index contributed by atoms with van der Waals surface area (Å²) in [7, 11) is 3.14. The number of benzene rings is 1. The van der Waals surface area contributed by atoms with Gasteiger partial charge in [0.15, 0.2) is 34.7 Å². The number of aliphatic hydroxyl groups is 1. The fraction of sp³-hybridized carbons (Fsp3) is 0.560. The van der Waals surface area contributed by atoms with Crippen LogP contribution in [0.15, 0.2) is 12.1 Å². The number of fused-ring (bicyclic) bond motifs is 3. The first-order chi connectivity index (χ1) is 16.5. The monoisotopic (exact) mass is 500 g/mol. The van der Waals surface area contributed by atoms with Crippen LogP contribution in [0.1, 0.15) is 40.2 Å². The lowest BCUT2D eigenvalue weighted by molar-refractivity contribution is -0.181. The van der Waals surface area contributed by atoms with E-state index in [-0.39, 0.29) is 23.7 Å². The Bertz CT molecular complexity index is 1170. The fourth-order valence-corrected chi connectivity index (χ4v) is 8.04. The highest BCUT2D eigenvalue weighted by atomic mass is 32.2. The smallest absolute Gasteiger partial charge is 0.235 e. The molecule has 1 amide bonds. The Morgan fingerprint density at radius 1 is 1.17 bits per heavy atom. The fourth-order valence-electron chi connectivity index (χ4n) is 6.79. The Labute approximate surface area is 206 Å². The molecule has 35 heavy (non-hydrogen) atoms. The van der Waals surface area contributed by atoms with Crippen molar-refractivity contribution >= 4 is 40.8 Å². The second-order valence-electron chi connectivity index (χ2n) is 10.4. The Morgan fingerprint density at radius 2 is 1.89 bits per heavy atom. The molecular formula is C25H28N2O7S. The van der Waals surface area contributed by atoms with Gasteiger partial charge in [-0.15, -0.1) is 0 Å². The molecule has 1 aromatic carbocycles. The van der Waals surface area contributed by atoms with E-state index < -0.39 is 64.4 Å². The summed E-state index contributed by atoms with van der Waals surface area (Å²) in [6, 6.07) is 2.22. The van der Waals surface area contributed by atoms with Crippen molar-refractivity contribution in [2.75, 3.05) is 25.6 Å². The van der Waals surface area contributed by atoms with Gasteiger partial charge in [-0.3, -0.25) is 28.9 Å². The lowest BCUT2D eigenvalue weighted by atomic mass is 9.52. The number of primary amides is 1. The average Bonchev–Trinajstić information content (AvgIpc) is 3.30. The van der Waals surface area contributed by atoms with Gasteiger partial charge in [0.05, 0.1) is 17.5 Å². The predicted molar refractivity (Wildman–Crippen MR) is 126 cm³/mol. The van der Waals surface area contributed by atoms with Gasteiger partial charge in [-0.05, 0) is 68.1 Å². The van der Waals surface area contributed by atoms with Crippen LogP contribution in [0.3, 0.4) is 0 Å². The molecule has 4 aliphatic rings. The van der Waals surface area contributed by atoms with E-state index >= 15 is 0 Å². The van der Waals surface area contributed by atoms with E-state index in [0.29, 0.717) is 12.0 Å². The number of thioether (sulfide) groups is 1. The molecule has 2 saturated carbocycles. The Kier molecular flexibility index (Phi) is 5.69. The third kappa shape index (κ3) is 3.26. The number of Topliss-reactive ketones (excluding diaryl/α,β-unsaturated/α-hetero) is 4. The predicted octanol–water partition coefficient (Wildman–Crippen LogP) is 0.0875. The topological polar surface area (TPSA) is 155 Å². The third-order valence-electron chi connectivity index (χ3n) is 8.35. The highest BCUT2D eigenvalue weighted by Crippen LogP contribution is 2.52. The molecule has 10 heteroatoms. The van der Waals surface area contributed by atoms with Gasteiger partial charge in [-0.2, -0.15) is 11.8 Å². The van der Waals surface area contributed by atoms with Crippen molar-refractivity contribution in [2.24, 2.45) is 29.4 Å². The molecule has 3 fully saturated rings. The molecule has 1 aromatic rings. The second-order valence-corrected chi connectivity index (χ2v) is 11.5. The molecule has 1 heterocycles. The maximum atomic E-state index is 13.8. The van der Waals surface area contributed by atoms with Crippen LogP contribution in [-0.4, -0.2) is 81.4 Å². The van der Waals surface area contributed by atoms with Crippen molar-refractivity contribution in [3.63, 3.8) is 0 Å². The van der Waals surface area contributed by atoms with E-state index in [9.17, 15) is 34.2 Å². The van der Waals surface area contributed by atoms with Crippen LogP contribution in [0.5, 0.6) is 5.75 Å². The second kappa shape index (κ2) is 8.25. The van der Waals surface area contributed by atoms with Gasteiger partial charge in [0.2, 0.25) is 5.91 Å². The van der Waals surface area contributed by atoms with Crippen molar-refractivity contribution in [2.45, 2.75) is 36.8 Å². The van der Waals surface area contributed by atoms with Gasteiger partial charge >= 0.3 is 0 Å². The number of hydrogen-bond donors (Lipinski definition) is 3. The number of rotatable bonds is 3. The maximum absolute atomic E-state index is 13.8.